The number of carbonyl (C=O) groups is 1. The second kappa shape index (κ2) is 11.3. The first-order valence-corrected chi connectivity index (χ1v) is 13.4. The van der Waals surface area contributed by atoms with Gasteiger partial charge in [0.05, 0.1) is 25.4 Å². The molecule has 3 aromatic carbocycles. The molecule has 3 aromatic rings. The number of hydrogen-bond donors (Lipinski definition) is 0. The van der Waals surface area contributed by atoms with E-state index >= 15 is 0 Å². The first kappa shape index (κ1) is 25.2. The molecule has 1 saturated heterocycles. The first-order chi connectivity index (χ1) is 18.0. The number of carbonyl (C=O) groups excluding carboxylic acids is 1. The van der Waals surface area contributed by atoms with Crippen molar-refractivity contribution in [2.45, 2.75) is 45.6 Å². The molecule has 192 valence electrons. The van der Waals surface area contributed by atoms with Gasteiger partial charge in [-0.1, -0.05) is 66.2 Å². The molecule has 1 amide bonds. The first-order valence-electron chi connectivity index (χ1n) is 13.4. The molecule has 0 radical (unpaired) electrons. The van der Waals surface area contributed by atoms with E-state index in [4.69, 9.17) is 9.84 Å². The molecule has 2 aliphatic heterocycles. The van der Waals surface area contributed by atoms with Crippen LogP contribution in [-0.2, 0) is 11.2 Å². The van der Waals surface area contributed by atoms with Crippen LogP contribution in [0.2, 0.25) is 0 Å². The van der Waals surface area contributed by atoms with Crippen LogP contribution in [0, 0.1) is 19.8 Å². The van der Waals surface area contributed by atoms with Crippen molar-refractivity contribution in [3.8, 4) is 5.75 Å². The third kappa shape index (κ3) is 5.78. The van der Waals surface area contributed by atoms with E-state index in [1.54, 1.807) is 12.1 Å². The molecule has 0 saturated carbocycles. The molecule has 2 aliphatic rings. The predicted molar refractivity (Wildman–Crippen MR) is 149 cm³/mol. The van der Waals surface area contributed by atoms with Crippen molar-refractivity contribution in [3.63, 3.8) is 0 Å². The van der Waals surface area contributed by atoms with Gasteiger partial charge in [-0.3, -0.25) is 9.69 Å². The average molecular weight is 496 g/mol. The SMILES string of the molecule is COc1ccccc1C1=NN(C(=O)CN2CCC(Cc3ccccc3)CC2)C(c2cc(C)ccc2C)C1. The lowest BCUT2D eigenvalue weighted by Crippen LogP contribution is -2.42. The second-order valence-corrected chi connectivity index (χ2v) is 10.5. The Morgan fingerprint density at radius 1 is 0.973 bits per heavy atom. The lowest BCUT2D eigenvalue weighted by molar-refractivity contribution is -0.134. The van der Waals surface area contributed by atoms with E-state index in [-0.39, 0.29) is 11.9 Å². The maximum Gasteiger partial charge on any atom is 0.257 e. The van der Waals surface area contributed by atoms with Crippen molar-refractivity contribution in [3.05, 3.63) is 101 Å². The Bertz CT molecular complexity index is 1260. The third-order valence-corrected chi connectivity index (χ3v) is 7.81. The van der Waals surface area contributed by atoms with Crippen LogP contribution in [-0.4, -0.2) is 48.3 Å². The molecule has 1 atom stereocenters. The van der Waals surface area contributed by atoms with Gasteiger partial charge < -0.3 is 4.74 Å². The van der Waals surface area contributed by atoms with Crippen molar-refractivity contribution < 1.29 is 9.53 Å². The van der Waals surface area contributed by atoms with Gasteiger partial charge in [0.15, 0.2) is 0 Å². The monoisotopic (exact) mass is 495 g/mol. The van der Waals surface area contributed by atoms with Crippen LogP contribution in [0.4, 0.5) is 0 Å². The number of rotatable bonds is 7. The Kier molecular flexibility index (Phi) is 7.71. The summed E-state index contributed by atoms with van der Waals surface area (Å²) in [5.41, 5.74) is 6.81. The van der Waals surface area contributed by atoms with Gasteiger partial charge in [-0.15, -0.1) is 0 Å². The molecule has 0 aromatic heterocycles. The second-order valence-electron chi connectivity index (χ2n) is 10.5. The number of aryl methyl sites for hydroxylation is 2. The van der Waals surface area contributed by atoms with Crippen LogP contribution in [0.5, 0.6) is 5.75 Å². The van der Waals surface area contributed by atoms with Gasteiger partial charge in [-0.25, -0.2) is 5.01 Å². The van der Waals surface area contributed by atoms with E-state index in [2.05, 4.69) is 67.3 Å². The van der Waals surface area contributed by atoms with Crippen molar-refractivity contribution in [2.24, 2.45) is 11.0 Å². The Morgan fingerprint density at radius 3 is 2.46 bits per heavy atom. The Balaban J connectivity index is 1.32. The summed E-state index contributed by atoms with van der Waals surface area (Å²) in [7, 11) is 1.68. The van der Waals surface area contributed by atoms with E-state index in [1.165, 1.54) is 22.3 Å². The van der Waals surface area contributed by atoms with E-state index in [0.29, 0.717) is 18.9 Å². The predicted octanol–water partition coefficient (Wildman–Crippen LogP) is 5.94. The number of methoxy groups -OCH3 is 1. The number of benzene rings is 3. The molecule has 5 heteroatoms. The molecular weight excluding hydrogens is 458 g/mol. The zero-order chi connectivity index (χ0) is 25.8. The molecular formula is C32H37N3O2. The molecule has 1 fully saturated rings. The Hall–Kier alpha value is -3.44. The van der Waals surface area contributed by atoms with Crippen LogP contribution in [0.25, 0.3) is 0 Å². The number of para-hydroxylation sites is 1. The van der Waals surface area contributed by atoms with Gasteiger partial charge in [0.25, 0.3) is 5.91 Å². The zero-order valence-corrected chi connectivity index (χ0v) is 22.2. The number of hydrazone groups is 1. The lowest BCUT2D eigenvalue weighted by atomic mass is 9.90. The molecule has 0 bridgehead atoms. The molecule has 0 aliphatic carbocycles. The fraction of sp³-hybridized carbons (Fsp3) is 0.375. The molecule has 1 unspecified atom stereocenters. The molecule has 0 spiro atoms. The van der Waals surface area contributed by atoms with Crippen molar-refractivity contribution in [1.29, 1.82) is 0 Å². The van der Waals surface area contributed by atoms with E-state index in [0.717, 1.165) is 49.4 Å². The topological polar surface area (TPSA) is 45.1 Å². The average Bonchev–Trinajstić information content (AvgIpc) is 3.37. The summed E-state index contributed by atoms with van der Waals surface area (Å²) < 4.78 is 5.62. The van der Waals surface area contributed by atoms with Crippen LogP contribution in [0.15, 0.2) is 77.9 Å². The quantitative estimate of drug-likeness (QED) is 0.407. The number of likely N-dealkylation sites (tertiary alicyclic amines) is 1. The van der Waals surface area contributed by atoms with Crippen molar-refractivity contribution in [1.82, 2.24) is 9.91 Å². The highest BCUT2D eigenvalue weighted by atomic mass is 16.5. The van der Waals surface area contributed by atoms with Gasteiger partial charge in [0.2, 0.25) is 0 Å². The van der Waals surface area contributed by atoms with Gasteiger partial charge in [-0.2, -0.15) is 5.10 Å². The van der Waals surface area contributed by atoms with Crippen molar-refractivity contribution in [2.75, 3.05) is 26.7 Å². The normalized spacial score (nSPS) is 18.6. The summed E-state index contributed by atoms with van der Waals surface area (Å²) in [6, 6.07) is 25.0. The smallest absolute Gasteiger partial charge is 0.257 e. The fourth-order valence-electron chi connectivity index (χ4n) is 5.71. The molecule has 2 heterocycles. The largest absolute Gasteiger partial charge is 0.496 e. The molecule has 5 nitrogen and oxygen atoms in total. The highest BCUT2D eigenvalue weighted by molar-refractivity contribution is 6.05. The van der Waals surface area contributed by atoms with Gasteiger partial charge in [-0.05, 0) is 80.9 Å². The highest BCUT2D eigenvalue weighted by Gasteiger charge is 2.35. The van der Waals surface area contributed by atoms with Gasteiger partial charge >= 0.3 is 0 Å². The summed E-state index contributed by atoms with van der Waals surface area (Å²) in [5.74, 6) is 1.53. The Morgan fingerprint density at radius 2 is 1.70 bits per heavy atom. The van der Waals surface area contributed by atoms with E-state index in [9.17, 15) is 4.79 Å². The number of ether oxygens (including phenoxy) is 1. The summed E-state index contributed by atoms with van der Waals surface area (Å²) in [5, 5.41) is 6.68. The number of amides is 1. The van der Waals surface area contributed by atoms with Crippen LogP contribution >= 0.6 is 0 Å². The third-order valence-electron chi connectivity index (χ3n) is 7.81. The standard InChI is InChI=1S/C32H37N3O2/c1-23-13-14-24(2)28(19-23)30-21-29(27-11-7-8-12-31(27)37-3)33-35(30)32(36)22-34-17-15-26(16-18-34)20-25-9-5-4-6-10-25/h4-14,19,26,30H,15-18,20-22H2,1-3H3. The van der Waals surface area contributed by atoms with E-state index < -0.39 is 0 Å². The van der Waals surface area contributed by atoms with Crippen LogP contribution in [0.1, 0.15) is 53.1 Å². The minimum absolute atomic E-state index is 0.0670. The maximum atomic E-state index is 13.7. The summed E-state index contributed by atoms with van der Waals surface area (Å²) >= 11 is 0. The summed E-state index contributed by atoms with van der Waals surface area (Å²) in [4.78, 5) is 16.0. The minimum Gasteiger partial charge on any atom is -0.496 e. The van der Waals surface area contributed by atoms with Crippen molar-refractivity contribution >= 4 is 11.6 Å². The van der Waals surface area contributed by atoms with Crippen LogP contribution < -0.4 is 4.74 Å². The minimum atomic E-state index is -0.108. The van der Waals surface area contributed by atoms with E-state index in [1.807, 2.05) is 24.3 Å². The maximum absolute atomic E-state index is 13.7. The molecule has 37 heavy (non-hydrogen) atoms. The molecule has 5 rings (SSSR count). The number of piperidine rings is 1. The lowest BCUT2D eigenvalue weighted by Gasteiger charge is -2.33. The molecule has 0 N–H and O–H groups in total. The summed E-state index contributed by atoms with van der Waals surface area (Å²) in [6.07, 6.45) is 4.04. The number of nitrogens with zero attached hydrogens (tertiary/aromatic N) is 3. The Labute approximate surface area is 220 Å². The van der Waals surface area contributed by atoms with Gasteiger partial charge in [0, 0.05) is 12.0 Å². The fourth-order valence-corrected chi connectivity index (χ4v) is 5.71. The van der Waals surface area contributed by atoms with Gasteiger partial charge in [0.1, 0.15) is 5.75 Å². The zero-order valence-electron chi connectivity index (χ0n) is 22.2. The van der Waals surface area contributed by atoms with Crippen LogP contribution in [0.3, 0.4) is 0 Å². The number of hydrogen-bond acceptors (Lipinski definition) is 4. The highest BCUT2D eigenvalue weighted by Crippen LogP contribution is 2.37. The summed E-state index contributed by atoms with van der Waals surface area (Å²) in [6.45, 7) is 6.53.